The van der Waals surface area contributed by atoms with Crippen molar-refractivity contribution in [3.8, 4) is 5.75 Å². The lowest BCUT2D eigenvalue weighted by Gasteiger charge is -2.40. The molecule has 0 aromatic heterocycles. The minimum absolute atomic E-state index is 0.0843. The quantitative estimate of drug-likeness (QED) is 0.817. The summed E-state index contributed by atoms with van der Waals surface area (Å²) in [6.45, 7) is 4.22. The monoisotopic (exact) mass is 359 g/mol. The molecule has 1 aliphatic heterocycles. The highest BCUT2D eigenvalue weighted by Crippen LogP contribution is 2.45. The molecule has 0 spiro atoms. The fourth-order valence-corrected chi connectivity index (χ4v) is 4.39. The number of carbonyl (C=O) groups is 2. The third kappa shape index (κ3) is 3.70. The van der Waals surface area contributed by atoms with Gasteiger partial charge >= 0.3 is 0 Å². The number of amides is 2. The number of nitrogens with zero attached hydrogens (tertiary/aromatic N) is 1. The first-order chi connectivity index (χ1) is 12.6. The second kappa shape index (κ2) is 8.08. The Kier molecular flexibility index (Phi) is 5.81. The van der Waals surface area contributed by atoms with Crippen LogP contribution in [-0.4, -0.2) is 50.0 Å². The van der Waals surface area contributed by atoms with Gasteiger partial charge in [-0.25, -0.2) is 0 Å². The maximum Gasteiger partial charge on any atom is 0.243 e. The number of likely N-dealkylation sites (N-methyl/N-ethyl adjacent to an activating group) is 1. The first-order valence-electron chi connectivity index (χ1n) is 9.53. The van der Waals surface area contributed by atoms with Crippen molar-refractivity contribution in [2.45, 2.75) is 32.6 Å². The summed E-state index contributed by atoms with van der Waals surface area (Å²) in [6.07, 6.45) is 4.32. The highest BCUT2D eigenvalue weighted by Gasteiger charge is 2.51. The molecule has 1 saturated heterocycles. The van der Waals surface area contributed by atoms with Gasteiger partial charge in [-0.2, -0.15) is 0 Å². The van der Waals surface area contributed by atoms with Crippen LogP contribution in [0.15, 0.2) is 24.3 Å². The standard InChI is InChI=1S/C20H29N3O3/c1-3-23(13-18(24)22-16-8-6-9-17(11-16)26-2)19(25)20-10-5-4-7-15(20)12-21-14-20/h6,8-9,11,15,21H,3-5,7,10,12-14H2,1-2H3,(H,22,24)/t15-,20+/m0/s1. The number of nitrogens with one attached hydrogen (secondary N) is 2. The van der Waals surface area contributed by atoms with Crippen molar-refractivity contribution in [3.63, 3.8) is 0 Å². The SMILES string of the molecule is CCN(CC(=O)Nc1cccc(OC)c1)C(=O)[C@@]12CCCC[C@H]1CNC2. The normalized spacial score (nSPS) is 24.6. The average molecular weight is 359 g/mol. The van der Waals surface area contributed by atoms with Gasteiger partial charge in [0, 0.05) is 24.8 Å². The number of benzene rings is 1. The lowest BCUT2D eigenvalue weighted by Crippen LogP contribution is -2.51. The van der Waals surface area contributed by atoms with Crippen molar-refractivity contribution in [3.05, 3.63) is 24.3 Å². The molecule has 1 heterocycles. The molecule has 0 unspecified atom stereocenters. The summed E-state index contributed by atoms with van der Waals surface area (Å²) in [5.41, 5.74) is 0.360. The van der Waals surface area contributed by atoms with E-state index in [1.807, 2.05) is 25.1 Å². The number of rotatable bonds is 6. The second-order valence-electron chi connectivity index (χ2n) is 7.33. The third-order valence-electron chi connectivity index (χ3n) is 5.82. The molecule has 6 nitrogen and oxygen atoms in total. The zero-order chi connectivity index (χ0) is 18.6. The van der Waals surface area contributed by atoms with Crippen molar-refractivity contribution in [2.75, 3.05) is 38.6 Å². The Morgan fingerprint density at radius 2 is 2.23 bits per heavy atom. The maximum atomic E-state index is 13.3. The summed E-state index contributed by atoms with van der Waals surface area (Å²) < 4.78 is 5.18. The van der Waals surface area contributed by atoms with Gasteiger partial charge in [0.2, 0.25) is 11.8 Å². The van der Waals surface area contributed by atoms with Crippen molar-refractivity contribution in [2.24, 2.45) is 11.3 Å². The smallest absolute Gasteiger partial charge is 0.243 e. The van der Waals surface area contributed by atoms with Crippen LogP contribution in [-0.2, 0) is 9.59 Å². The molecule has 26 heavy (non-hydrogen) atoms. The van der Waals surface area contributed by atoms with Crippen LogP contribution in [0, 0.1) is 11.3 Å². The zero-order valence-corrected chi connectivity index (χ0v) is 15.7. The van der Waals surface area contributed by atoms with E-state index >= 15 is 0 Å². The van der Waals surface area contributed by atoms with E-state index in [-0.39, 0.29) is 23.8 Å². The molecular weight excluding hydrogens is 330 g/mol. The van der Waals surface area contributed by atoms with E-state index in [2.05, 4.69) is 10.6 Å². The molecule has 2 fully saturated rings. The molecule has 2 aliphatic rings. The van der Waals surface area contributed by atoms with E-state index < -0.39 is 0 Å². The first kappa shape index (κ1) is 18.7. The van der Waals surface area contributed by atoms with Crippen molar-refractivity contribution in [1.82, 2.24) is 10.2 Å². The Balaban J connectivity index is 1.66. The van der Waals surface area contributed by atoms with Gasteiger partial charge in [0.1, 0.15) is 5.75 Å². The summed E-state index contributed by atoms with van der Waals surface area (Å²) >= 11 is 0. The highest BCUT2D eigenvalue weighted by atomic mass is 16.5. The number of carbonyl (C=O) groups excluding carboxylic acids is 2. The molecule has 6 heteroatoms. The number of hydrogen-bond donors (Lipinski definition) is 2. The van der Waals surface area contributed by atoms with Gasteiger partial charge in [-0.15, -0.1) is 0 Å². The number of methoxy groups -OCH3 is 1. The van der Waals surface area contributed by atoms with Gasteiger partial charge in [0.05, 0.1) is 19.1 Å². The Morgan fingerprint density at radius 3 is 3.00 bits per heavy atom. The number of fused-ring (bicyclic) bond motifs is 1. The third-order valence-corrected chi connectivity index (χ3v) is 5.82. The molecule has 0 radical (unpaired) electrons. The van der Waals surface area contributed by atoms with Gasteiger partial charge in [-0.1, -0.05) is 18.9 Å². The van der Waals surface area contributed by atoms with Crippen molar-refractivity contribution >= 4 is 17.5 Å². The minimum atomic E-state index is -0.315. The Labute approximate surface area is 155 Å². The van der Waals surface area contributed by atoms with Crippen LogP contribution in [0.5, 0.6) is 5.75 Å². The lowest BCUT2D eigenvalue weighted by molar-refractivity contribution is -0.147. The second-order valence-corrected chi connectivity index (χ2v) is 7.33. The maximum absolute atomic E-state index is 13.3. The van der Waals surface area contributed by atoms with E-state index in [0.29, 0.717) is 23.9 Å². The van der Waals surface area contributed by atoms with Gasteiger partial charge in [-0.05, 0) is 44.4 Å². The fraction of sp³-hybridized carbons (Fsp3) is 0.600. The molecule has 3 rings (SSSR count). The van der Waals surface area contributed by atoms with Gasteiger partial charge in [-0.3, -0.25) is 9.59 Å². The van der Waals surface area contributed by atoms with Crippen LogP contribution < -0.4 is 15.4 Å². The van der Waals surface area contributed by atoms with Crippen molar-refractivity contribution < 1.29 is 14.3 Å². The van der Waals surface area contributed by atoms with Crippen LogP contribution in [0.4, 0.5) is 5.69 Å². The predicted molar refractivity (Wildman–Crippen MR) is 101 cm³/mol. The van der Waals surface area contributed by atoms with Crippen molar-refractivity contribution in [1.29, 1.82) is 0 Å². The van der Waals surface area contributed by atoms with E-state index in [1.165, 1.54) is 6.42 Å². The van der Waals surface area contributed by atoms with E-state index in [9.17, 15) is 9.59 Å². The largest absolute Gasteiger partial charge is 0.497 e. The summed E-state index contributed by atoms with van der Waals surface area (Å²) in [6, 6.07) is 7.24. The first-order valence-corrected chi connectivity index (χ1v) is 9.53. The molecular formula is C20H29N3O3. The molecule has 1 aromatic rings. The molecule has 2 N–H and O–H groups in total. The van der Waals surface area contributed by atoms with Crippen LogP contribution in [0.3, 0.4) is 0 Å². The predicted octanol–water partition coefficient (Wildman–Crippen LogP) is 2.26. The number of ether oxygens (including phenoxy) is 1. The Hall–Kier alpha value is -2.08. The summed E-state index contributed by atoms with van der Waals surface area (Å²) in [5, 5.41) is 6.28. The van der Waals surface area contributed by atoms with Crippen LogP contribution in [0.1, 0.15) is 32.6 Å². The Morgan fingerprint density at radius 1 is 1.38 bits per heavy atom. The average Bonchev–Trinajstić information content (AvgIpc) is 3.11. The molecule has 0 bridgehead atoms. The topological polar surface area (TPSA) is 70.7 Å². The fourth-order valence-electron chi connectivity index (χ4n) is 4.39. The summed E-state index contributed by atoms with van der Waals surface area (Å²) in [7, 11) is 1.59. The van der Waals surface area contributed by atoms with Crippen LogP contribution in [0.25, 0.3) is 0 Å². The number of anilines is 1. The molecule has 1 aliphatic carbocycles. The minimum Gasteiger partial charge on any atom is -0.497 e. The molecule has 142 valence electrons. The van der Waals surface area contributed by atoms with Crippen LogP contribution in [0.2, 0.25) is 0 Å². The lowest BCUT2D eigenvalue weighted by atomic mass is 9.67. The van der Waals surface area contributed by atoms with Gasteiger partial charge in [0.15, 0.2) is 0 Å². The zero-order valence-electron chi connectivity index (χ0n) is 15.7. The molecule has 2 amide bonds. The number of hydrogen-bond acceptors (Lipinski definition) is 4. The van der Waals surface area contributed by atoms with E-state index in [0.717, 1.165) is 32.4 Å². The molecule has 2 atom stereocenters. The summed E-state index contributed by atoms with van der Waals surface area (Å²) in [5.74, 6) is 1.05. The van der Waals surface area contributed by atoms with Gasteiger partial charge < -0.3 is 20.3 Å². The molecule has 1 aromatic carbocycles. The van der Waals surface area contributed by atoms with Crippen LogP contribution >= 0.6 is 0 Å². The summed E-state index contributed by atoms with van der Waals surface area (Å²) in [4.78, 5) is 27.5. The van der Waals surface area contributed by atoms with Gasteiger partial charge in [0.25, 0.3) is 0 Å². The van der Waals surface area contributed by atoms with E-state index in [1.54, 1.807) is 18.1 Å². The molecule has 1 saturated carbocycles. The highest BCUT2D eigenvalue weighted by molar-refractivity contribution is 5.95. The van der Waals surface area contributed by atoms with E-state index in [4.69, 9.17) is 4.74 Å². The Bertz CT molecular complexity index is 663.